The molecule has 0 saturated heterocycles. The van der Waals surface area contributed by atoms with E-state index in [0.29, 0.717) is 29.4 Å². The Kier molecular flexibility index (Phi) is 5.43. The van der Waals surface area contributed by atoms with Crippen LogP contribution in [0.25, 0.3) is 11.1 Å². The third-order valence-corrected chi connectivity index (χ3v) is 5.01. The average Bonchev–Trinajstić information content (AvgIpc) is 3.48. The van der Waals surface area contributed by atoms with E-state index in [-0.39, 0.29) is 23.1 Å². The number of halogens is 2. The van der Waals surface area contributed by atoms with Crippen molar-refractivity contribution in [1.29, 1.82) is 0 Å². The van der Waals surface area contributed by atoms with Crippen molar-refractivity contribution >= 4 is 0 Å². The van der Waals surface area contributed by atoms with Gasteiger partial charge in [-0.25, -0.2) is 4.98 Å². The van der Waals surface area contributed by atoms with Gasteiger partial charge in [-0.05, 0) is 37.1 Å². The fourth-order valence-corrected chi connectivity index (χ4v) is 3.24. The lowest BCUT2D eigenvalue weighted by Gasteiger charge is -2.11. The minimum absolute atomic E-state index is 0.0392. The average molecular weight is 414 g/mol. The van der Waals surface area contributed by atoms with E-state index < -0.39 is 6.61 Å². The van der Waals surface area contributed by atoms with Gasteiger partial charge in [0.15, 0.2) is 0 Å². The van der Waals surface area contributed by atoms with E-state index in [2.05, 4.69) is 19.7 Å². The van der Waals surface area contributed by atoms with Crippen molar-refractivity contribution in [2.75, 3.05) is 6.61 Å². The maximum atomic E-state index is 12.2. The van der Waals surface area contributed by atoms with Crippen LogP contribution in [0.2, 0.25) is 0 Å². The van der Waals surface area contributed by atoms with Crippen molar-refractivity contribution in [3.63, 3.8) is 0 Å². The van der Waals surface area contributed by atoms with Gasteiger partial charge in [0.1, 0.15) is 11.6 Å². The molecule has 0 N–H and O–H groups in total. The Morgan fingerprint density at radius 2 is 2.07 bits per heavy atom. The third kappa shape index (κ3) is 4.45. The minimum atomic E-state index is -2.87. The minimum Gasteiger partial charge on any atom is -0.477 e. The number of ether oxygens (including phenoxy) is 2. The van der Waals surface area contributed by atoms with E-state index in [0.717, 1.165) is 12.1 Å². The maximum absolute atomic E-state index is 12.2. The van der Waals surface area contributed by atoms with Gasteiger partial charge in [-0.15, -0.1) is 0 Å². The highest BCUT2D eigenvalue weighted by atomic mass is 19.3. The summed E-state index contributed by atoms with van der Waals surface area (Å²) in [4.78, 5) is 24.8. The summed E-state index contributed by atoms with van der Waals surface area (Å²) in [5.74, 6) is 1.47. The SMILES string of the molecule is Cc1ncc(-c2ccn(C)c(=O)c2)c(OC[C@@H]2CC2c2ccc(OC(F)F)cn2)n1. The molecule has 1 aliphatic carbocycles. The van der Waals surface area contributed by atoms with Crippen LogP contribution in [0, 0.1) is 12.8 Å². The Morgan fingerprint density at radius 3 is 2.77 bits per heavy atom. The Labute approximate surface area is 171 Å². The molecular weight excluding hydrogens is 394 g/mol. The van der Waals surface area contributed by atoms with E-state index in [1.807, 2.05) is 6.07 Å². The van der Waals surface area contributed by atoms with Gasteiger partial charge in [-0.3, -0.25) is 9.78 Å². The van der Waals surface area contributed by atoms with Crippen molar-refractivity contribution in [2.45, 2.75) is 25.9 Å². The van der Waals surface area contributed by atoms with Crippen LogP contribution < -0.4 is 15.0 Å². The lowest BCUT2D eigenvalue weighted by atomic mass is 10.1. The van der Waals surface area contributed by atoms with Crippen molar-refractivity contribution in [3.05, 3.63) is 64.7 Å². The second kappa shape index (κ2) is 8.17. The Bertz CT molecular complexity index is 1100. The second-order valence-electron chi connectivity index (χ2n) is 7.21. The number of nitrogens with zero attached hydrogens (tertiary/aromatic N) is 4. The molecular formula is C21H20F2N4O3. The molecule has 30 heavy (non-hydrogen) atoms. The van der Waals surface area contributed by atoms with Crippen molar-refractivity contribution < 1.29 is 18.3 Å². The molecule has 1 unspecified atom stereocenters. The quantitative estimate of drug-likeness (QED) is 0.590. The number of rotatable bonds is 7. The zero-order valence-electron chi connectivity index (χ0n) is 16.5. The summed E-state index contributed by atoms with van der Waals surface area (Å²) in [7, 11) is 1.68. The highest BCUT2D eigenvalue weighted by molar-refractivity contribution is 5.67. The number of hydrogen-bond donors (Lipinski definition) is 0. The molecule has 9 heteroatoms. The van der Waals surface area contributed by atoms with Gasteiger partial charge < -0.3 is 14.0 Å². The van der Waals surface area contributed by atoms with Gasteiger partial charge in [0.05, 0.1) is 18.4 Å². The van der Waals surface area contributed by atoms with Crippen LogP contribution in [-0.4, -0.2) is 32.7 Å². The van der Waals surface area contributed by atoms with E-state index in [1.165, 1.54) is 22.9 Å². The highest BCUT2D eigenvalue weighted by Crippen LogP contribution is 2.47. The van der Waals surface area contributed by atoms with Gasteiger partial charge in [0, 0.05) is 43.0 Å². The predicted molar refractivity (Wildman–Crippen MR) is 105 cm³/mol. The maximum Gasteiger partial charge on any atom is 0.387 e. The Hall–Kier alpha value is -3.36. The standard InChI is InChI=1S/C21H20F2N4O3/c1-12-24-10-17(13-5-6-27(2)19(28)8-13)20(26-12)29-11-14-7-16(14)18-4-3-15(9-25-18)30-21(22)23/h3-6,8-10,14,16,21H,7,11H2,1-2H3/t14-,16?/m0/s1. The number of alkyl halides is 2. The third-order valence-electron chi connectivity index (χ3n) is 5.01. The van der Waals surface area contributed by atoms with Gasteiger partial charge in [0.2, 0.25) is 5.88 Å². The summed E-state index contributed by atoms with van der Waals surface area (Å²) in [6.45, 7) is -0.668. The van der Waals surface area contributed by atoms with E-state index in [9.17, 15) is 13.6 Å². The van der Waals surface area contributed by atoms with Crippen LogP contribution in [0.4, 0.5) is 8.78 Å². The van der Waals surface area contributed by atoms with Crippen LogP contribution in [0.5, 0.6) is 11.6 Å². The molecule has 0 radical (unpaired) electrons. The molecule has 4 rings (SSSR count). The zero-order chi connectivity index (χ0) is 21.3. The van der Waals surface area contributed by atoms with E-state index in [1.54, 1.807) is 32.4 Å². The first kappa shape index (κ1) is 19.9. The topological polar surface area (TPSA) is 79.1 Å². The predicted octanol–water partition coefficient (Wildman–Crippen LogP) is 3.33. The summed E-state index contributed by atoms with van der Waals surface area (Å²) < 4.78 is 36.3. The number of aromatic nitrogens is 4. The highest BCUT2D eigenvalue weighted by Gasteiger charge is 2.40. The van der Waals surface area contributed by atoms with Crippen LogP contribution >= 0.6 is 0 Å². The molecule has 156 valence electrons. The molecule has 0 aliphatic heterocycles. The fraction of sp³-hybridized carbons (Fsp3) is 0.333. The Balaban J connectivity index is 1.44. The van der Waals surface area contributed by atoms with Crippen LogP contribution in [0.3, 0.4) is 0 Å². The summed E-state index contributed by atoms with van der Waals surface area (Å²) in [6, 6.07) is 6.53. The smallest absolute Gasteiger partial charge is 0.387 e. The molecule has 1 aliphatic rings. The molecule has 3 aromatic heterocycles. The molecule has 2 atom stereocenters. The largest absolute Gasteiger partial charge is 0.477 e. The van der Waals surface area contributed by atoms with Gasteiger partial charge in [-0.2, -0.15) is 13.8 Å². The number of pyridine rings is 2. The number of aryl methyl sites for hydroxylation is 2. The number of hydrogen-bond acceptors (Lipinski definition) is 6. The van der Waals surface area contributed by atoms with E-state index >= 15 is 0 Å². The fourth-order valence-electron chi connectivity index (χ4n) is 3.24. The van der Waals surface area contributed by atoms with E-state index in [4.69, 9.17) is 4.74 Å². The zero-order valence-corrected chi connectivity index (χ0v) is 16.5. The summed E-state index contributed by atoms with van der Waals surface area (Å²) >= 11 is 0. The molecule has 0 amide bonds. The summed E-state index contributed by atoms with van der Waals surface area (Å²) in [6.07, 6.45) is 5.53. The van der Waals surface area contributed by atoms with Gasteiger partial charge in [-0.1, -0.05) is 0 Å². The normalized spacial score (nSPS) is 17.8. The van der Waals surface area contributed by atoms with Gasteiger partial charge >= 0.3 is 6.61 Å². The summed E-state index contributed by atoms with van der Waals surface area (Å²) in [5.41, 5.74) is 2.03. The van der Waals surface area contributed by atoms with Gasteiger partial charge in [0.25, 0.3) is 5.56 Å². The lowest BCUT2D eigenvalue weighted by molar-refractivity contribution is -0.0500. The summed E-state index contributed by atoms with van der Waals surface area (Å²) in [5, 5.41) is 0. The Morgan fingerprint density at radius 1 is 1.23 bits per heavy atom. The molecule has 1 fully saturated rings. The molecule has 7 nitrogen and oxygen atoms in total. The van der Waals surface area contributed by atoms with Crippen molar-refractivity contribution in [1.82, 2.24) is 19.5 Å². The molecule has 0 bridgehead atoms. The molecule has 3 aromatic rings. The molecule has 0 aromatic carbocycles. The van der Waals surface area contributed by atoms with Crippen LogP contribution in [0.15, 0.2) is 47.7 Å². The van der Waals surface area contributed by atoms with Crippen LogP contribution in [-0.2, 0) is 7.05 Å². The first-order valence-corrected chi connectivity index (χ1v) is 9.45. The lowest BCUT2D eigenvalue weighted by Crippen LogP contribution is -2.14. The molecule has 3 heterocycles. The van der Waals surface area contributed by atoms with Crippen LogP contribution in [0.1, 0.15) is 23.9 Å². The second-order valence-corrected chi connectivity index (χ2v) is 7.21. The first-order chi connectivity index (χ1) is 14.4. The molecule has 0 spiro atoms. The monoisotopic (exact) mass is 414 g/mol. The molecule has 1 saturated carbocycles. The van der Waals surface area contributed by atoms with Crippen molar-refractivity contribution in [2.24, 2.45) is 13.0 Å². The van der Waals surface area contributed by atoms with Crippen molar-refractivity contribution in [3.8, 4) is 22.8 Å². The first-order valence-electron chi connectivity index (χ1n) is 9.45.